The number of hydrogen-bond acceptors (Lipinski definition) is 6. The maximum Gasteiger partial charge on any atom is 0.240 e. The van der Waals surface area contributed by atoms with E-state index in [0.717, 1.165) is 0 Å². The summed E-state index contributed by atoms with van der Waals surface area (Å²) in [5.41, 5.74) is -2.60. The van der Waals surface area contributed by atoms with E-state index in [4.69, 9.17) is 10.5 Å². The Hall–Kier alpha value is -1.74. The monoisotopic (exact) mass is 284 g/mol. The molecule has 0 aliphatic rings. The van der Waals surface area contributed by atoms with Gasteiger partial charge in [-0.3, -0.25) is 0 Å². The van der Waals surface area contributed by atoms with Crippen LogP contribution in [0.25, 0.3) is 0 Å². The van der Waals surface area contributed by atoms with Gasteiger partial charge in [0.2, 0.25) is 5.54 Å². The third kappa shape index (κ3) is 4.74. The first-order valence-corrected chi connectivity index (χ1v) is 6.08. The van der Waals surface area contributed by atoms with Crippen LogP contribution in [-0.4, -0.2) is 43.5 Å². The first kappa shape index (κ1) is 18.3. The molecule has 0 aliphatic heterocycles. The van der Waals surface area contributed by atoms with E-state index in [9.17, 15) is 20.3 Å². The zero-order valence-corrected chi connectivity index (χ0v) is 12.1. The lowest BCUT2D eigenvalue weighted by Crippen LogP contribution is -2.54. The summed E-state index contributed by atoms with van der Waals surface area (Å²) in [6, 6.07) is 3.16. The second-order valence-corrected chi connectivity index (χ2v) is 5.87. The molecule has 112 valence electrons. The summed E-state index contributed by atoms with van der Waals surface area (Å²) in [5, 5.41) is 47.9. The van der Waals surface area contributed by atoms with Crippen LogP contribution in [0.1, 0.15) is 40.5 Å². The average molecular weight is 284 g/mol. The van der Waals surface area contributed by atoms with E-state index in [0.29, 0.717) is 0 Å². The van der Waals surface area contributed by atoms with E-state index in [1.165, 1.54) is 27.7 Å². The zero-order chi connectivity index (χ0) is 16.1. The molecule has 0 saturated carbocycles. The molecule has 0 aromatic heterocycles. The number of hydrazine groups is 1. The van der Waals surface area contributed by atoms with Crippen LogP contribution in [-0.2, 0) is 0 Å². The number of nitroso groups, excluding NO2 is 1. The predicted molar refractivity (Wildman–Crippen MR) is 69.5 cm³/mol. The zero-order valence-electron chi connectivity index (χ0n) is 12.1. The summed E-state index contributed by atoms with van der Waals surface area (Å²) in [6.07, 6.45) is -3.13. The lowest BCUT2D eigenvalue weighted by Gasteiger charge is -2.39. The number of nitriles is 2. The summed E-state index contributed by atoms with van der Waals surface area (Å²) in [6.45, 7) is 5.68. The summed E-state index contributed by atoms with van der Waals surface area (Å²) < 4.78 is 0. The third-order valence-electron chi connectivity index (χ3n) is 2.88. The highest BCUT2D eigenvalue weighted by atomic mass is 16.6. The van der Waals surface area contributed by atoms with Crippen molar-refractivity contribution in [3.05, 3.63) is 10.1 Å². The van der Waals surface area contributed by atoms with E-state index in [-0.39, 0.29) is 22.9 Å². The maximum absolute atomic E-state index is 12.1. The van der Waals surface area contributed by atoms with Gasteiger partial charge in [-0.1, -0.05) is 0 Å². The lowest BCUT2D eigenvalue weighted by atomic mass is 9.95. The van der Waals surface area contributed by atoms with Crippen LogP contribution in [0.4, 0.5) is 0 Å². The van der Waals surface area contributed by atoms with Crippen LogP contribution in [0.2, 0.25) is 0 Å². The van der Waals surface area contributed by atoms with Gasteiger partial charge in [0.25, 0.3) is 0 Å². The SMILES string of the molecule is CC(C)(C[C@@H](O)C#N)N([O-])[N+](=O)C(C)(C)C[C@H](O)C#N. The molecule has 8 nitrogen and oxygen atoms in total. The minimum absolute atomic E-state index is 0.123. The Bertz CT molecular complexity index is 436. The van der Waals surface area contributed by atoms with Crippen LogP contribution < -0.4 is 0 Å². The number of hydrogen-bond donors (Lipinski definition) is 2. The molecule has 0 rings (SSSR count). The Labute approximate surface area is 118 Å². The van der Waals surface area contributed by atoms with Crippen molar-refractivity contribution in [3.8, 4) is 12.1 Å². The quantitative estimate of drug-likeness (QED) is 0.396. The van der Waals surface area contributed by atoms with Crippen LogP contribution in [0, 0.1) is 32.8 Å². The van der Waals surface area contributed by atoms with Crippen LogP contribution in [0.5, 0.6) is 0 Å². The smallest absolute Gasteiger partial charge is 0.240 e. The molecule has 0 aromatic rings. The van der Waals surface area contributed by atoms with Gasteiger partial charge >= 0.3 is 0 Å². The average Bonchev–Trinajstić information content (AvgIpc) is 2.35. The fourth-order valence-corrected chi connectivity index (χ4v) is 1.69. The van der Waals surface area contributed by atoms with Crippen LogP contribution in [0.15, 0.2) is 0 Å². The molecule has 0 aromatic carbocycles. The van der Waals surface area contributed by atoms with Crippen molar-refractivity contribution in [1.29, 1.82) is 10.5 Å². The molecule has 0 radical (unpaired) electrons. The summed E-state index contributed by atoms with van der Waals surface area (Å²) >= 11 is 0. The van der Waals surface area contributed by atoms with Crippen molar-refractivity contribution in [1.82, 2.24) is 5.17 Å². The lowest BCUT2D eigenvalue weighted by molar-refractivity contribution is -0.763. The highest BCUT2D eigenvalue weighted by Gasteiger charge is 2.44. The number of aliphatic hydroxyl groups is 2. The molecular formula is C12H20N4O4. The molecule has 2 N–H and O–H groups in total. The second kappa shape index (κ2) is 6.62. The van der Waals surface area contributed by atoms with Gasteiger partial charge in [0, 0.05) is 20.3 Å². The fraction of sp³-hybridized carbons (Fsp3) is 0.833. The van der Waals surface area contributed by atoms with Gasteiger partial charge in [0.15, 0.2) is 0 Å². The summed E-state index contributed by atoms with van der Waals surface area (Å²) in [7, 11) is 0. The Morgan fingerprint density at radius 3 is 1.95 bits per heavy atom. The minimum atomic E-state index is -1.36. The van der Waals surface area contributed by atoms with Gasteiger partial charge in [-0.15, -0.1) is 0 Å². The van der Waals surface area contributed by atoms with Crippen molar-refractivity contribution in [2.45, 2.75) is 63.8 Å². The molecule has 0 unspecified atom stereocenters. The molecular weight excluding hydrogens is 264 g/mol. The van der Waals surface area contributed by atoms with Gasteiger partial charge in [-0.2, -0.15) is 15.7 Å². The topological polar surface area (TPSA) is 134 Å². The van der Waals surface area contributed by atoms with Crippen LogP contribution >= 0.6 is 0 Å². The second-order valence-electron chi connectivity index (χ2n) is 5.87. The maximum atomic E-state index is 12.1. The molecule has 8 heteroatoms. The standard InChI is InChI=1S/C12H20N4O4/c1-11(2,5-9(17)7-13)15(19)16(20)12(3,4)6-10(18)8-14/h9-10,17-18H,5-6H2,1-4H3/t9-,10+. The largest absolute Gasteiger partial charge is 0.704 e. The molecule has 0 amide bonds. The molecule has 0 fully saturated rings. The minimum Gasteiger partial charge on any atom is -0.704 e. The van der Waals surface area contributed by atoms with E-state index < -0.39 is 23.3 Å². The van der Waals surface area contributed by atoms with E-state index in [1.54, 1.807) is 12.1 Å². The van der Waals surface area contributed by atoms with E-state index in [1.807, 2.05) is 0 Å². The third-order valence-corrected chi connectivity index (χ3v) is 2.88. The number of rotatable bonds is 7. The molecule has 0 heterocycles. The highest BCUT2D eigenvalue weighted by molar-refractivity contribution is 4.91. The van der Waals surface area contributed by atoms with Crippen molar-refractivity contribution >= 4 is 0 Å². The summed E-state index contributed by atoms with van der Waals surface area (Å²) in [4.78, 5) is 12.2. The molecule has 0 bridgehead atoms. The van der Waals surface area contributed by atoms with Gasteiger partial charge in [0.1, 0.15) is 17.1 Å². The van der Waals surface area contributed by atoms with Crippen molar-refractivity contribution < 1.29 is 15.1 Å². The van der Waals surface area contributed by atoms with Crippen molar-refractivity contribution in [2.24, 2.45) is 0 Å². The molecule has 2 atom stereocenters. The Morgan fingerprint density at radius 2 is 1.55 bits per heavy atom. The normalized spacial score (nSPS) is 14.8. The molecule has 20 heavy (non-hydrogen) atoms. The first-order chi connectivity index (χ1) is 8.97. The van der Waals surface area contributed by atoms with Gasteiger partial charge in [0.05, 0.1) is 29.0 Å². The van der Waals surface area contributed by atoms with E-state index in [2.05, 4.69) is 0 Å². The van der Waals surface area contributed by atoms with E-state index >= 15 is 0 Å². The Morgan fingerprint density at radius 1 is 1.15 bits per heavy atom. The van der Waals surface area contributed by atoms with Crippen molar-refractivity contribution in [3.63, 3.8) is 0 Å². The molecule has 0 saturated heterocycles. The Kier molecular flexibility index (Phi) is 6.04. The number of hydroxylamine groups is 1. The predicted octanol–water partition coefficient (Wildman–Crippen LogP) is 0.586. The number of aliphatic hydroxyl groups excluding tert-OH is 2. The molecule has 0 aliphatic carbocycles. The molecule has 0 spiro atoms. The Balaban J connectivity index is 5.01. The van der Waals surface area contributed by atoms with Gasteiger partial charge in [-0.05, 0) is 13.8 Å². The van der Waals surface area contributed by atoms with Gasteiger partial charge < -0.3 is 15.4 Å². The highest BCUT2D eigenvalue weighted by Crippen LogP contribution is 2.26. The number of nitrogens with zero attached hydrogens (tertiary/aromatic N) is 4. The van der Waals surface area contributed by atoms with Crippen molar-refractivity contribution in [2.75, 3.05) is 0 Å². The van der Waals surface area contributed by atoms with Crippen LogP contribution in [0.3, 0.4) is 0 Å². The summed E-state index contributed by atoms with van der Waals surface area (Å²) in [5.74, 6) is 0. The first-order valence-electron chi connectivity index (χ1n) is 6.08. The van der Waals surface area contributed by atoms with Gasteiger partial charge in [-0.25, -0.2) is 0 Å². The fourth-order valence-electron chi connectivity index (χ4n) is 1.69.